The van der Waals surface area contributed by atoms with E-state index in [4.69, 9.17) is 4.74 Å². The molecule has 0 spiro atoms. The van der Waals surface area contributed by atoms with Crippen LogP contribution >= 0.6 is 0 Å². The van der Waals surface area contributed by atoms with Crippen molar-refractivity contribution in [3.05, 3.63) is 12.4 Å². The molecule has 116 valence electrons. The lowest BCUT2D eigenvalue weighted by molar-refractivity contribution is -0.129. The predicted molar refractivity (Wildman–Crippen MR) is 81.3 cm³/mol. The number of aromatic nitrogens is 2. The lowest BCUT2D eigenvalue weighted by Crippen LogP contribution is -2.36. The number of carbonyl (C=O) groups is 1. The van der Waals surface area contributed by atoms with Gasteiger partial charge >= 0.3 is 0 Å². The Hall–Kier alpha value is -1.85. The van der Waals surface area contributed by atoms with Crippen molar-refractivity contribution >= 4 is 11.7 Å². The highest BCUT2D eigenvalue weighted by atomic mass is 16.5. The van der Waals surface area contributed by atoms with Crippen LogP contribution in [0.4, 0.5) is 5.82 Å². The van der Waals surface area contributed by atoms with Gasteiger partial charge in [0.2, 0.25) is 11.8 Å². The zero-order valence-electron chi connectivity index (χ0n) is 13.0. The standard InChI is InChI=1S/C15H24N4O2/c1-11(15(20)19(2)3)17-13-9-16-10-14(18-13)21-12-7-5-4-6-8-12/h9-12H,4-8H2,1-3H3,(H,17,18)/t11-/m0/s1. The largest absolute Gasteiger partial charge is 0.473 e. The van der Waals surface area contributed by atoms with E-state index in [1.165, 1.54) is 19.3 Å². The molecule has 1 atom stereocenters. The monoisotopic (exact) mass is 292 g/mol. The number of nitrogens with one attached hydrogen (secondary N) is 1. The molecule has 1 aromatic rings. The van der Waals surface area contributed by atoms with Crippen molar-refractivity contribution in [3.63, 3.8) is 0 Å². The Balaban J connectivity index is 1.95. The van der Waals surface area contributed by atoms with E-state index >= 15 is 0 Å². The van der Waals surface area contributed by atoms with Gasteiger partial charge in [-0.05, 0) is 32.6 Å². The quantitative estimate of drug-likeness (QED) is 0.900. The van der Waals surface area contributed by atoms with Crippen molar-refractivity contribution in [2.24, 2.45) is 0 Å². The van der Waals surface area contributed by atoms with E-state index in [-0.39, 0.29) is 18.1 Å². The summed E-state index contributed by atoms with van der Waals surface area (Å²) in [6.45, 7) is 1.80. The maximum atomic E-state index is 11.8. The number of amides is 1. The summed E-state index contributed by atoms with van der Waals surface area (Å²) in [5.41, 5.74) is 0. The molecule has 1 heterocycles. The van der Waals surface area contributed by atoms with Crippen LogP contribution in [-0.2, 0) is 4.79 Å². The average Bonchev–Trinajstić information content (AvgIpc) is 2.47. The van der Waals surface area contributed by atoms with Crippen molar-refractivity contribution in [2.75, 3.05) is 19.4 Å². The van der Waals surface area contributed by atoms with E-state index < -0.39 is 0 Å². The Morgan fingerprint density at radius 3 is 2.71 bits per heavy atom. The Labute approximate surface area is 125 Å². The van der Waals surface area contributed by atoms with Crippen LogP contribution in [0.5, 0.6) is 5.88 Å². The summed E-state index contributed by atoms with van der Waals surface area (Å²) >= 11 is 0. The van der Waals surface area contributed by atoms with Gasteiger partial charge in [0.05, 0.1) is 12.4 Å². The number of anilines is 1. The molecule has 1 aromatic heterocycles. The van der Waals surface area contributed by atoms with Gasteiger partial charge in [-0.15, -0.1) is 0 Å². The smallest absolute Gasteiger partial charge is 0.244 e. The Morgan fingerprint density at radius 2 is 2.05 bits per heavy atom. The Morgan fingerprint density at radius 1 is 1.33 bits per heavy atom. The molecular formula is C15H24N4O2. The van der Waals surface area contributed by atoms with Crippen LogP contribution in [-0.4, -0.2) is 47.0 Å². The molecule has 1 aliphatic rings. The molecule has 0 bridgehead atoms. The Kier molecular flexibility index (Phi) is 5.36. The van der Waals surface area contributed by atoms with Crippen LogP contribution in [0.15, 0.2) is 12.4 Å². The fourth-order valence-electron chi connectivity index (χ4n) is 2.50. The van der Waals surface area contributed by atoms with Crippen molar-refractivity contribution < 1.29 is 9.53 Å². The molecule has 0 aromatic carbocycles. The van der Waals surface area contributed by atoms with Gasteiger partial charge in [-0.2, -0.15) is 4.98 Å². The Bertz CT molecular complexity index is 472. The molecule has 21 heavy (non-hydrogen) atoms. The summed E-state index contributed by atoms with van der Waals surface area (Å²) in [5, 5.41) is 3.06. The molecule has 1 aliphatic carbocycles. The average molecular weight is 292 g/mol. The van der Waals surface area contributed by atoms with E-state index in [2.05, 4.69) is 15.3 Å². The van der Waals surface area contributed by atoms with Gasteiger partial charge < -0.3 is 15.0 Å². The van der Waals surface area contributed by atoms with E-state index in [9.17, 15) is 4.79 Å². The zero-order valence-corrected chi connectivity index (χ0v) is 13.0. The van der Waals surface area contributed by atoms with Gasteiger partial charge in [-0.3, -0.25) is 9.78 Å². The van der Waals surface area contributed by atoms with Crippen LogP contribution < -0.4 is 10.1 Å². The molecule has 1 N–H and O–H groups in total. The first-order chi connectivity index (χ1) is 10.1. The fraction of sp³-hybridized carbons (Fsp3) is 0.667. The number of likely N-dealkylation sites (N-methyl/N-ethyl adjacent to an activating group) is 1. The van der Waals surface area contributed by atoms with Gasteiger partial charge in [0, 0.05) is 14.1 Å². The SMILES string of the molecule is C[C@H](Nc1cncc(OC2CCCCC2)n1)C(=O)N(C)C. The number of nitrogens with zero attached hydrogens (tertiary/aromatic N) is 3. The van der Waals surface area contributed by atoms with Crippen molar-refractivity contribution in [3.8, 4) is 5.88 Å². The maximum absolute atomic E-state index is 11.8. The highest BCUT2D eigenvalue weighted by molar-refractivity contribution is 5.83. The van der Waals surface area contributed by atoms with Gasteiger partial charge in [0.25, 0.3) is 0 Å². The number of hydrogen-bond acceptors (Lipinski definition) is 5. The highest BCUT2D eigenvalue weighted by Gasteiger charge is 2.17. The third kappa shape index (κ3) is 4.58. The minimum absolute atomic E-state index is 0.00426. The number of hydrogen-bond donors (Lipinski definition) is 1. The molecule has 6 heteroatoms. The van der Waals surface area contributed by atoms with Crippen LogP contribution in [0.1, 0.15) is 39.0 Å². The molecule has 1 saturated carbocycles. The van der Waals surface area contributed by atoms with E-state index in [0.29, 0.717) is 11.7 Å². The third-order valence-electron chi connectivity index (χ3n) is 3.63. The molecule has 2 rings (SSSR count). The lowest BCUT2D eigenvalue weighted by Gasteiger charge is -2.22. The van der Waals surface area contributed by atoms with Crippen LogP contribution in [0.2, 0.25) is 0 Å². The second-order valence-electron chi connectivity index (χ2n) is 5.72. The molecule has 6 nitrogen and oxygen atoms in total. The van der Waals surface area contributed by atoms with Crippen molar-refractivity contribution in [1.29, 1.82) is 0 Å². The van der Waals surface area contributed by atoms with Gasteiger partial charge in [-0.25, -0.2) is 0 Å². The van der Waals surface area contributed by atoms with Gasteiger partial charge in [-0.1, -0.05) is 6.42 Å². The second-order valence-corrected chi connectivity index (χ2v) is 5.72. The highest BCUT2D eigenvalue weighted by Crippen LogP contribution is 2.22. The maximum Gasteiger partial charge on any atom is 0.244 e. The second kappa shape index (κ2) is 7.24. The minimum Gasteiger partial charge on any atom is -0.473 e. The summed E-state index contributed by atoms with van der Waals surface area (Å²) in [4.78, 5) is 21.9. The molecule has 1 fully saturated rings. The summed E-state index contributed by atoms with van der Waals surface area (Å²) in [6, 6.07) is -0.348. The first-order valence-corrected chi connectivity index (χ1v) is 7.52. The van der Waals surface area contributed by atoms with Crippen molar-refractivity contribution in [2.45, 2.75) is 51.2 Å². The number of rotatable bonds is 5. The van der Waals surface area contributed by atoms with E-state index in [1.807, 2.05) is 0 Å². The normalized spacial score (nSPS) is 17.1. The molecule has 0 unspecified atom stereocenters. The summed E-state index contributed by atoms with van der Waals surface area (Å²) < 4.78 is 5.88. The van der Waals surface area contributed by atoms with Crippen LogP contribution in [0, 0.1) is 0 Å². The van der Waals surface area contributed by atoms with Gasteiger partial charge in [0.1, 0.15) is 18.0 Å². The first kappa shape index (κ1) is 15.5. The van der Waals surface area contributed by atoms with E-state index in [1.54, 1.807) is 38.3 Å². The summed E-state index contributed by atoms with van der Waals surface area (Å²) in [5.74, 6) is 1.08. The zero-order chi connectivity index (χ0) is 15.2. The predicted octanol–water partition coefficient (Wildman–Crippen LogP) is 2.08. The molecule has 0 radical (unpaired) electrons. The number of carbonyl (C=O) groups excluding carboxylic acids is 1. The van der Waals surface area contributed by atoms with Gasteiger partial charge in [0.15, 0.2) is 0 Å². The topological polar surface area (TPSA) is 67.4 Å². The molecule has 0 saturated heterocycles. The van der Waals surface area contributed by atoms with E-state index in [0.717, 1.165) is 12.8 Å². The molecule has 1 amide bonds. The summed E-state index contributed by atoms with van der Waals surface area (Å²) in [7, 11) is 3.46. The minimum atomic E-state index is -0.348. The van der Waals surface area contributed by atoms with Crippen molar-refractivity contribution in [1.82, 2.24) is 14.9 Å². The third-order valence-corrected chi connectivity index (χ3v) is 3.63. The lowest BCUT2D eigenvalue weighted by atomic mass is 9.98. The first-order valence-electron chi connectivity index (χ1n) is 7.52. The van der Waals surface area contributed by atoms with Crippen LogP contribution in [0.25, 0.3) is 0 Å². The van der Waals surface area contributed by atoms with Crippen LogP contribution in [0.3, 0.4) is 0 Å². The molecular weight excluding hydrogens is 268 g/mol. The summed E-state index contributed by atoms with van der Waals surface area (Å²) in [6.07, 6.45) is 9.34. The fourth-order valence-corrected chi connectivity index (χ4v) is 2.50. The number of ether oxygens (including phenoxy) is 1. The molecule has 0 aliphatic heterocycles.